The highest BCUT2D eigenvalue weighted by atomic mass is 32.1. The van der Waals surface area contributed by atoms with E-state index in [4.69, 9.17) is 5.73 Å². The van der Waals surface area contributed by atoms with Gasteiger partial charge in [0.2, 0.25) is 0 Å². The first-order valence-electron chi connectivity index (χ1n) is 6.87. The number of aliphatic hydroxyl groups is 1. The van der Waals surface area contributed by atoms with Gasteiger partial charge in [0.25, 0.3) is 0 Å². The van der Waals surface area contributed by atoms with Gasteiger partial charge in [-0.15, -0.1) is 11.3 Å². The predicted molar refractivity (Wildman–Crippen MR) is 85.7 cm³/mol. The van der Waals surface area contributed by atoms with E-state index in [2.05, 4.69) is 36.3 Å². The van der Waals surface area contributed by atoms with Crippen molar-refractivity contribution in [3.05, 3.63) is 52.2 Å². The molecule has 4 heteroatoms. The molecule has 0 aliphatic rings. The molecular formula is C16H22N2OS. The summed E-state index contributed by atoms with van der Waals surface area (Å²) < 4.78 is 0. The summed E-state index contributed by atoms with van der Waals surface area (Å²) in [6.07, 6.45) is -0.557. The zero-order chi connectivity index (χ0) is 14.5. The normalized spacial score (nSPS) is 13.1. The summed E-state index contributed by atoms with van der Waals surface area (Å²) in [5, 5.41) is 12.5. The number of aliphatic hydroxyl groups excluding tert-OH is 1. The third-order valence-corrected chi connectivity index (χ3v) is 4.29. The van der Waals surface area contributed by atoms with Crippen LogP contribution in [0.2, 0.25) is 0 Å². The molecule has 2 rings (SSSR count). The molecule has 0 spiro atoms. The Morgan fingerprint density at radius 1 is 1.20 bits per heavy atom. The summed E-state index contributed by atoms with van der Waals surface area (Å²) in [7, 11) is 0. The van der Waals surface area contributed by atoms with Crippen LogP contribution in [0.5, 0.6) is 0 Å². The lowest BCUT2D eigenvalue weighted by molar-refractivity contribution is 0.0919. The van der Waals surface area contributed by atoms with Crippen molar-refractivity contribution in [2.24, 2.45) is 0 Å². The van der Waals surface area contributed by atoms with E-state index < -0.39 is 6.10 Å². The van der Waals surface area contributed by atoms with Gasteiger partial charge in [-0.1, -0.05) is 24.3 Å². The number of thiophene rings is 1. The Bertz CT molecular complexity index is 525. The third-order valence-electron chi connectivity index (χ3n) is 3.43. The number of rotatable bonds is 6. The molecule has 0 aliphatic heterocycles. The van der Waals surface area contributed by atoms with Gasteiger partial charge in [0.15, 0.2) is 0 Å². The van der Waals surface area contributed by atoms with Crippen molar-refractivity contribution in [3.63, 3.8) is 0 Å². The lowest BCUT2D eigenvalue weighted by Crippen LogP contribution is -2.34. The molecule has 0 radical (unpaired) electrons. The minimum absolute atomic E-state index is 0.372. The highest BCUT2D eigenvalue weighted by Gasteiger charge is 2.18. The molecular weight excluding hydrogens is 268 g/mol. The monoisotopic (exact) mass is 290 g/mol. The fraction of sp³-hybridized carbons (Fsp3) is 0.375. The number of hydrogen-bond donors (Lipinski definition) is 2. The molecule has 108 valence electrons. The van der Waals surface area contributed by atoms with Crippen molar-refractivity contribution in [3.8, 4) is 0 Å². The van der Waals surface area contributed by atoms with Gasteiger partial charge in [-0.2, -0.15) is 0 Å². The number of hydrogen-bond acceptors (Lipinski definition) is 4. The summed E-state index contributed by atoms with van der Waals surface area (Å²) in [5.74, 6) is 0. The van der Waals surface area contributed by atoms with Gasteiger partial charge in [0.1, 0.15) is 0 Å². The molecule has 1 unspecified atom stereocenters. The maximum atomic E-state index is 10.4. The maximum absolute atomic E-state index is 10.4. The molecule has 0 amide bonds. The van der Waals surface area contributed by atoms with Crippen LogP contribution in [0.4, 0.5) is 5.69 Å². The highest BCUT2D eigenvalue weighted by molar-refractivity contribution is 7.09. The second-order valence-electron chi connectivity index (χ2n) is 5.25. The molecule has 0 fully saturated rings. The quantitative estimate of drug-likeness (QED) is 0.803. The van der Waals surface area contributed by atoms with E-state index in [1.807, 2.05) is 24.3 Å². The van der Waals surface area contributed by atoms with Crippen molar-refractivity contribution in [2.45, 2.75) is 32.5 Å². The molecule has 0 saturated heterocycles. The van der Waals surface area contributed by atoms with Gasteiger partial charge in [-0.3, -0.25) is 4.90 Å². The van der Waals surface area contributed by atoms with Crippen molar-refractivity contribution < 1.29 is 5.11 Å². The number of anilines is 1. The Labute approximate surface area is 124 Å². The molecule has 2 aromatic rings. The number of nitrogens with zero attached hydrogens (tertiary/aromatic N) is 1. The summed E-state index contributed by atoms with van der Waals surface area (Å²) in [5.41, 5.74) is 7.40. The molecule has 3 N–H and O–H groups in total. The van der Waals surface area contributed by atoms with Crippen LogP contribution in [-0.2, 0) is 6.54 Å². The van der Waals surface area contributed by atoms with Crippen LogP contribution < -0.4 is 5.73 Å². The first kappa shape index (κ1) is 15.0. The van der Waals surface area contributed by atoms with E-state index in [-0.39, 0.29) is 0 Å². The van der Waals surface area contributed by atoms with E-state index in [1.165, 1.54) is 4.88 Å². The summed E-state index contributed by atoms with van der Waals surface area (Å²) in [6, 6.07) is 12.1. The molecule has 3 nitrogen and oxygen atoms in total. The molecule has 20 heavy (non-hydrogen) atoms. The van der Waals surface area contributed by atoms with E-state index in [9.17, 15) is 5.11 Å². The standard InChI is InChI=1S/C16H22N2OS/c1-12(2)18(10-13-6-5-9-20-13)11-16(19)14-7-3-4-8-15(14)17/h3-9,12,16,19H,10-11,17H2,1-2H3. The number of para-hydroxylation sites is 1. The first-order chi connectivity index (χ1) is 9.58. The Morgan fingerprint density at radius 3 is 2.55 bits per heavy atom. The molecule has 0 aliphatic carbocycles. The molecule has 1 aromatic carbocycles. The second-order valence-corrected chi connectivity index (χ2v) is 6.28. The van der Waals surface area contributed by atoms with Gasteiger partial charge in [-0.05, 0) is 31.4 Å². The van der Waals surface area contributed by atoms with E-state index >= 15 is 0 Å². The Balaban J connectivity index is 2.06. The first-order valence-corrected chi connectivity index (χ1v) is 7.74. The smallest absolute Gasteiger partial charge is 0.0936 e. The van der Waals surface area contributed by atoms with E-state index in [1.54, 1.807) is 11.3 Å². The number of benzene rings is 1. The fourth-order valence-corrected chi connectivity index (χ4v) is 2.92. The second kappa shape index (κ2) is 6.88. The Hall–Kier alpha value is -1.36. The van der Waals surface area contributed by atoms with Gasteiger partial charge in [0, 0.05) is 35.3 Å². The Morgan fingerprint density at radius 2 is 1.95 bits per heavy atom. The van der Waals surface area contributed by atoms with Crippen LogP contribution in [0.1, 0.15) is 30.4 Å². The lowest BCUT2D eigenvalue weighted by atomic mass is 10.1. The van der Waals surface area contributed by atoms with Gasteiger partial charge in [0.05, 0.1) is 6.10 Å². The summed E-state index contributed by atoms with van der Waals surface area (Å²) in [6.45, 7) is 5.74. The van der Waals surface area contributed by atoms with Crippen LogP contribution in [-0.4, -0.2) is 22.6 Å². The van der Waals surface area contributed by atoms with Crippen molar-refractivity contribution >= 4 is 17.0 Å². The Kier molecular flexibility index (Phi) is 5.17. The zero-order valence-corrected chi connectivity index (χ0v) is 12.8. The molecule has 1 heterocycles. The van der Waals surface area contributed by atoms with Gasteiger partial charge >= 0.3 is 0 Å². The van der Waals surface area contributed by atoms with Crippen molar-refractivity contribution in [2.75, 3.05) is 12.3 Å². The zero-order valence-electron chi connectivity index (χ0n) is 12.0. The maximum Gasteiger partial charge on any atom is 0.0936 e. The predicted octanol–water partition coefficient (Wildman–Crippen LogP) is 3.27. The van der Waals surface area contributed by atoms with E-state index in [0.29, 0.717) is 18.3 Å². The topological polar surface area (TPSA) is 49.5 Å². The van der Waals surface area contributed by atoms with Crippen LogP contribution in [0, 0.1) is 0 Å². The lowest BCUT2D eigenvalue weighted by Gasteiger charge is -2.28. The van der Waals surface area contributed by atoms with Crippen LogP contribution >= 0.6 is 11.3 Å². The minimum atomic E-state index is -0.557. The average molecular weight is 290 g/mol. The number of nitrogen functional groups attached to an aromatic ring is 1. The average Bonchev–Trinajstić information content (AvgIpc) is 2.91. The van der Waals surface area contributed by atoms with Crippen molar-refractivity contribution in [1.29, 1.82) is 0 Å². The SMILES string of the molecule is CC(C)N(Cc1cccs1)CC(O)c1ccccc1N. The minimum Gasteiger partial charge on any atom is -0.398 e. The molecule has 0 saturated carbocycles. The van der Waals surface area contributed by atoms with Crippen molar-refractivity contribution in [1.82, 2.24) is 4.90 Å². The summed E-state index contributed by atoms with van der Waals surface area (Å²) >= 11 is 1.75. The largest absolute Gasteiger partial charge is 0.398 e. The van der Waals surface area contributed by atoms with E-state index in [0.717, 1.165) is 12.1 Å². The van der Waals surface area contributed by atoms with Gasteiger partial charge < -0.3 is 10.8 Å². The van der Waals surface area contributed by atoms with Crippen LogP contribution in [0.25, 0.3) is 0 Å². The number of nitrogens with two attached hydrogens (primary N) is 1. The third kappa shape index (κ3) is 3.82. The van der Waals surface area contributed by atoms with Crippen LogP contribution in [0.3, 0.4) is 0 Å². The molecule has 1 aromatic heterocycles. The molecule has 1 atom stereocenters. The summed E-state index contributed by atoms with van der Waals surface area (Å²) in [4.78, 5) is 3.58. The fourth-order valence-electron chi connectivity index (χ4n) is 2.20. The highest BCUT2D eigenvalue weighted by Crippen LogP contribution is 2.23. The molecule has 0 bridgehead atoms. The van der Waals surface area contributed by atoms with Crippen LogP contribution in [0.15, 0.2) is 41.8 Å². The van der Waals surface area contributed by atoms with Gasteiger partial charge in [-0.25, -0.2) is 0 Å².